The van der Waals surface area contributed by atoms with Crippen LogP contribution in [0.4, 0.5) is 8.78 Å². The number of rotatable bonds is 10. The Balaban J connectivity index is 1.82. The van der Waals surface area contributed by atoms with E-state index in [0.29, 0.717) is 0 Å². The molecule has 3 atom stereocenters. The van der Waals surface area contributed by atoms with Gasteiger partial charge in [0.15, 0.2) is 27.2 Å². The minimum atomic E-state index is -4.06. The van der Waals surface area contributed by atoms with Crippen molar-refractivity contribution in [3.63, 3.8) is 0 Å². The van der Waals surface area contributed by atoms with Crippen molar-refractivity contribution in [2.24, 2.45) is 0 Å². The summed E-state index contributed by atoms with van der Waals surface area (Å²) in [5.74, 6) is -5.31. The molecule has 16 heteroatoms. The lowest BCUT2D eigenvalue weighted by atomic mass is 10.0. The Morgan fingerprint density at radius 3 is 2.26 bits per heavy atom. The van der Waals surface area contributed by atoms with Crippen molar-refractivity contribution in [3.05, 3.63) is 41.2 Å². The molecule has 3 heterocycles. The first-order valence-corrected chi connectivity index (χ1v) is 13.6. The molecular weight excluding hydrogens is 548 g/mol. The molecular formula is C22H26ClF2N7O5S. The normalized spacial score (nSPS) is 18.8. The lowest BCUT2D eigenvalue weighted by molar-refractivity contribution is -0.0118. The molecule has 0 bridgehead atoms. The third-order valence-corrected chi connectivity index (χ3v) is 8.65. The van der Waals surface area contributed by atoms with E-state index in [0.717, 1.165) is 0 Å². The van der Waals surface area contributed by atoms with Gasteiger partial charge in [-0.3, -0.25) is 4.57 Å². The second kappa shape index (κ2) is 11.0. The van der Waals surface area contributed by atoms with Crippen LogP contribution in [0.2, 0.25) is 5.02 Å². The van der Waals surface area contributed by atoms with Crippen molar-refractivity contribution >= 4 is 21.4 Å². The van der Waals surface area contributed by atoms with E-state index in [1.807, 2.05) is 0 Å². The van der Waals surface area contributed by atoms with E-state index in [-0.39, 0.29) is 59.2 Å². The lowest BCUT2D eigenvalue weighted by Crippen LogP contribution is -2.30. The van der Waals surface area contributed by atoms with Crippen molar-refractivity contribution in [2.45, 2.75) is 55.1 Å². The maximum atomic E-state index is 14.9. The highest BCUT2D eigenvalue weighted by Gasteiger charge is 2.48. The molecule has 1 aliphatic rings. The summed E-state index contributed by atoms with van der Waals surface area (Å²) in [7, 11) is -0.0816. The molecule has 1 aliphatic carbocycles. The second-order valence-corrected chi connectivity index (χ2v) is 11.5. The molecule has 1 saturated carbocycles. The number of sulfone groups is 1. The molecule has 0 aliphatic heterocycles. The van der Waals surface area contributed by atoms with Crippen LogP contribution in [-0.4, -0.2) is 75.6 Å². The number of ether oxygens (including phenoxy) is 3. The average molecular weight is 574 g/mol. The summed E-state index contributed by atoms with van der Waals surface area (Å²) in [5.41, 5.74) is 0.0161. The number of methoxy groups -OCH3 is 3. The highest BCUT2D eigenvalue weighted by molar-refractivity contribution is 7.91. The molecule has 3 aromatic rings. The van der Waals surface area contributed by atoms with Crippen LogP contribution in [0.1, 0.15) is 55.7 Å². The summed E-state index contributed by atoms with van der Waals surface area (Å²) in [6.45, 7) is 1.43. The average Bonchev–Trinajstić information content (AvgIpc) is 3.45. The Kier molecular flexibility index (Phi) is 8.09. The van der Waals surface area contributed by atoms with Crippen LogP contribution in [0.15, 0.2) is 18.7 Å². The summed E-state index contributed by atoms with van der Waals surface area (Å²) in [6.07, 6.45) is 2.85. The molecule has 0 aromatic carbocycles. The first kappa shape index (κ1) is 28.0. The standard InChI is InChI=1S/C22H26ClF2N7O5S/c1-12(17(35-2)18-26-8-13(23)9-27-18)38(33,34)10-15-30-31-19(14-6-5-7-22(14,24)25)32(15)16-20(36-3)28-11-29-21(16)37-4/h8-9,11-12,14,17H,5-7,10H2,1-4H3/t12-,14-,17-/m0/s1. The van der Waals surface area contributed by atoms with Crippen LogP contribution in [0.5, 0.6) is 11.8 Å². The second-order valence-electron chi connectivity index (χ2n) is 8.68. The van der Waals surface area contributed by atoms with Crippen molar-refractivity contribution in [1.82, 2.24) is 34.7 Å². The van der Waals surface area contributed by atoms with Crippen LogP contribution >= 0.6 is 11.6 Å². The number of halogens is 3. The van der Waals surface area contributed by atoms with Crippen LogP contribution in [0, 0.1) is 0 Å². The van der Waals surface area contributed by atoms with E-state index in [1.54, 1.807) is 0 Å². The number of alkyl halides is 2. The predicted octanol–water partition coefficient (Wildman–Crippen LogP) is 3.11. The van der Waals surface area contributed by atoms with Gasteiger partial charge in [-0.05, 0) is 19.8 Å². The molecule has 3 aromatic heterocycles. The van der Waals surface area contributed by atoms with Gasteiger partial charge < -0.3 is 14.2 Å². The zero-order chi connectivity index (χ0) is 27.7. The molecule has 0 radical (unpaired) electrons. The quantitative estimate of drug-likeness (QED) is 0.353. The van der Waals surface area contributed by atoms with Crippen LogP contribution in [0.25, 0.3) is 5.69 Å². The molecule has 4 rings (SSSR count). The fraction of sp³-hybridized carbons (Fsp3) is 0.545. The lowest BCUT2D eigenvalue weighted by Gasteiger charge is -2.23. The topological polar surface area (TPSA) is 144 Å². The maximum Gasteiger partial charge on any atom is 0.257 e. The van der Waals surface area contributed by atoms with Crippen molar-refractivity contribution in [1.29, 1.82) is 0 Å². The van der Waals surface area contributed by atoms with Crippen LogP contribution in [-0.2, 0) is 20.3 Å². The highest BCUT2D eigenvalue weighted by Crippen LogP contribution is 2.47. The number of aromatic nitrogens is 7. The Labute approximate surface area is 222 Å². The summed E-state index contributed by atoms with van der Waals surface area (Å²) in [6, 6.07) is 0. The highest BCUT2D eigenvalue weighted by atomic mass is 35.5. The first-order valence-electron chi connectivity index (χ1n) is 11.5. The zero-order valence-electron chi connectivity index (χ0n) is 21.0. The fourth-order valence-electron chi connectivity index (χ4n) is 4.45. The first-order chi connectivity index (χ1) is 18.0. The molecule has 38 heavy (non-hydrogen) atoms. The van der Waals surface area contributed by atoms with E-state index < -0.39 is 38.8 Å². The Morgan fingerprint density at radius 1 is 1.11 bits per heavy atom. The number of hydrogen-bond acceptors (Lipinski definition) is 11. The van der Waals surface area contributed by atoms with Crippen molar-refractivity contribution in [3.8, 4) is 17.4 Å². The molecule has 0 spiro atoms. The van der Waals surface area contributed by atoms with Gasteiger partial charge in [-0.15, -0.1) is 10.2 Å². The van der Waals surface area contributed by atoms with Crippen LogP contribution < -0.4 is 9.47 Å². The molecule has 0 amide bonds. The van der Waals surface area contributed by atoms with Gasteiger partial charge in [0.05, 0.1) is 30.4 Å². The van der Waals surface area contributed by atoms with Gasteiger partial charge in [0.2, 0.25) is 11.8 Å². The minimum absolute atomic E-state index is 0.0161. The van der Waals surface area contributed by atoms with Crippen molar-refractivity contribution in [2.75, 3.05) is 21.3 Å². The van der Waals surface area contributed by atoms with E-state index in [9.17, 15) is 17.2 Å². The Morgan fingerprint density at radius 2 is 1.74 bits per heavy atom. The van der Waals surface area contributed by atoms with Gasteiger partial charge in [0, 0.05) is 25.9 Å². The largest absolute Gasteiger partial charge is 0.479 e. The Hall–Kier alpha value is -3.04. The minimum Gasteiger partial charge on any atom is -0.479 e. The molecule has 0 N–H and O–H groups in total. The van der Waals surface area contributed by atoms with Gasteiger partial charge in [-0.25, -0.2) is 27.2 Å². The third kappa shape index (κ3) is 5.27. The number of hydrogen-bond donors (Lipinski definition) is 0. The van der Waals surface area contributed by atoms with E-state index in [4.69, 9.17) is 25.8 Å². The van der Waals surface area contributed by atoms with E-state index >= 15 is 0 Å². The fourth-order valence-corrected chi connectivity index (χ4v) is 5.97. The van der Waals surface area contributed by atoms with Crippen molar-refractivity contribution < 1.29 is 31.4 Å². The third-order valence-electron chi connectivity index (χ3n) is 6.42. The van der Waals surface area contributed by atoms with E-state index in [2.05, 4.69) is 30.1 Å². The van der Waals surface area contributed by atoms with Gasteiger partial charge >= 0.3 is 0 Å². The smallest absolute Gasteiger partial charge is 0.257 e. The zero-order valence-corrected chi connectivity index (χ0v) is 22.6. The van der Waals surface area contributed by atoms with Gasteiger partial charge in [0.1, 0.15) is 24.0 Å². The summed E-state index contributed by atoms with van der Waals surface area (Å²) in [4.78, 5) is 16.3. The van der Waals surface area contributed by atoms with E-state index in [1.165, 1.54) is 51.5 Å². The molecule has 0 saturated heterocycles. The van der Waals surface area contributed by atoms with Gasteiger partial charge in [-0.2, -0.15) is 9.97 Å². The molecule has 12 nitrogen and oxygen atoms in total. The molecule has 1 fully saturated rings. The SMILES string of the molecule is COc1ncnc(OC)c1-n1c(CS(=O)(=O)[C@@H](C)[C@H](OC)c2ncc(Cl)cn2)nnc1[C@@H]1CCCC1(F)F. The summed E-state index contributed by atoms with van der Waals surface area (Å²) >= 11 is 5.85. The van der Waals surface area contributed by atoms with Gasteiger partial charge in [-0.1, -0.05) is 11.6 Å². The summed E-state index contributed by atoms with van der Waals surface area (Å²) in [5, 5.41) is 7.18. The Bertz CT molecular complexity index is 1370. The molecule has 0 unspecified atom stereocenters. The monoisotopic (exact) mass is 573 g/mol. The number of nitrogens with zero attached hydrogens (tertiary/aromatic N) is 7. The summed E-state index contributed by atoms with van der Waals surface area (Å²) < 4.78 is 74.2. The van der Waals surface area contributed by atoms with Gasteiger partial charge in [0.25, 0.3) is 5.92 Å². The van der Waals surface area contributed by atoms with Crippen LogP contribution in [0.3, 0.4) is 0 Å². The predicted molar refractivity (Wildman–Crippen MR) is 130 cm³/mol. The molecule has 206 valence electrons. The maximum absolute atomic E-state index is 14.9.